The molecule has 0 amide bonds. The van der Waals surface area contributed by atoms with E-state index in [4.69, 9.17) is 4.42 Å². The first-order chi connectivity index (χ1) is 7.29. The standard InChI is InChI=1S/C13H21NO/c1-3-12(13-5-4-8-15-13)14-11-7-6-10(2)9-11/h4-5,8,10-12,14H,3,6-7,9H2,1-2H3. The lowest BCUT2D eigenvalue weighted by atomic mass is 10.1. The van der Waals surface area contributed by atoms with Gasteiger partial charge in [0.25, 0.3) is 0 Å². The monoisotopic (exact) mass is 207 g/mol. The molecule has 0 radical (unpaired) electrons. The van der Waals surface area contributed by atoms with Crippen LogP contribution in [0.4, 0.5) is 0 Å². The lowest BCUT2D eigenvalue weighted by Gasteiger charge is -2.20. The van der Waals surface area contributed by atoms with Crippen molar-refractivity contribution in [3.63, 3.8) is 0 Å². The third-order valence-electron chi connectivity index (χ3n) is 3.43. The van der Waals surface area contributed by atoms with Crippen LogP contribution in [-0.4, -0.2) is 6.04 Å². The predicted molar refractivity (Wildman–Crippen MR) is 61.7 cm³/mol. The van der Waals surface area contributed by atoms with E-state index < -0.39 is 0 Å². The zero-order valence-corrected chi connectivity index (χ0v) is 9.70. The van der Waals surface area contributed by atoms with Gasteiger partial charge in [0.1, 0.15) is 5.76 Å². The van der Waals surface area contributed by atoms with Crippen LogP contribution in [0.2, 0.25) is 0 Å². The molecule has 1 saturated carbocycles. The molecule has 1 heterocycles. The Balaban J connectivity index is 1.91. The van der Waals surface area contributed by atoms with E-state index in [1.54, 1.807) is 6.26 Å². The maximum atomic E-state index is 5.46. The number of hydrogen-bond acceptors (Lipinski definition) is 2. The molecule has 1 aromatic rings. The highest BCUT2D eigenvalue weighted by Gasteiger charge is 2.24. The fourth-order valence-electron chi connectivity index (χ4n) is 2.53. The Bertz CT molecular complexity index is 281. The zero-order valence-electron chi connectivity index (χ0n) is 9.70. The van der Waals surface area contributed by atoms with E-state index in [9.17, 15) is 0 Å². The number of rotatable bonds is 4. The Morgan fingerprint density at radius 2 is 2.40 bits per heavy atom. The molecule has 1 fully saturated rings. The molecule has 0 bridgehead atoms. The second-order valence-electron chi connectivity index (χ2n) is 4.76. The summed E-state index contributed by atoms with van der Waals surface area (Å²) < 4.78 is 5.46. The molecule has 2 heteroatoms. The van der Waals surface area contributed by atoms with Crippen molar-refractivity contribution in [1.29, 1.82) is 0 Å². The van der Waals surface area contributed by atoms with E-state index in [1.165, 1.54) is 19.3 Å². The van der Waals surface area contributed by atoms with Gasteiger partial charge in [0.15, 0.2) is 0 Å². The predicted octanol–water partition coefficient (Wildman–Crippen LogP) is 3.51. The summed E-state index contributed by atoms with van der Waals surface area (Å²) in [5, 5.41) is 3.70. The van der Waals surface area contributed by atoms with E-state index in [2.05, 4.69) is 25.2 Å². The summed E-state index contributed by atoms with van der Waals surface area (Å²) in [5.41, 5.74) is 0. The van der Waals surface area contributed by atoms with Crippen LogP contribution in [0.25, 0.3) is 0 Å². The van der Waals surface area contributed by atoms with Gasteiger partial charge < -0.3 is 9.73 Å². The highest BCUT2D eigenvalue weighted by atomic mass is 16.3. The van der Waals surface area contributed by atoms with Gasteiger partial charge in [0.2, 0.25) is 0 Å². The second-order valence-corrected chi connectivity index (χ2v) is 4.76. The average Bonchev–Trinajstić information content (AvgIpc) is 2.85. The van der Waals surface area contributed by atoms with Crippen molar-refractivity contribution in [3.05, 3.63) is 24.2 Å². The molecular weight excluding hydrogens is 186 g/mol. The van der Waals surface area contributed by atoms with Crippen molar-refractivity contribution >= 4 is 0 Å². The fourth-order valence-corrected chi connectivity index (χ4v) is 2.53. The molecule has 3 atom stereocenters. The van der Waals surface area contributed by atoms with Crippen LogP contribution in [0, 0.1) is 5.92 Å². The molecule has 0 aromatic carbocycles. The quantitative estimate of drug-likeness (QED) is 0.817. The molecule has 1 N–H and O–H groups in total. The van der Waals surface area contributed by atoms with Crippen LogP contribution in [0.3, 0.4) is 0 Å². The summed E-state index contributed by atoms with van der Waals surface area (Å²) in [7, 11) is 0. The summed E-state index contributed by atoms with van der Waals surface area (Å²) in [5.74, 6) is 1.97. The molecule has 1 aliphatic carbocycles. The van der Waals surface area contributed by atoms with Crippen molar-refractivity contribution in [2.45, 2.75) is 51.6 Å². The molecule has 0 saturated heterocycles. The van der Waals surface area contributed by atoms with Crippen LogP contribution in [0.15, 0.2) is 22.8 Å². The normalized spacial score (nSPS) is 28.1. The van der Waals surface area contributed by atoms with E-state index in [0.29, 0.717) is 12.1 Å². The topological polar surface area (TPSA) is 25.2 Å². The van der Waals surface area contributed by atoms with Crippen molar-refractivity contribution in [3.8, 4) is 0 Å². The van der Waals surface area contributed by atoms with Crippen molar-refractivity contribution in [1.82, 2.24) is 5.32 Å². The van der Waals surface area contributed by atoms with Gasteiger partial charge >= 0.3 is 0 Å². The maximum absolute atomic E-state index is 5.46. The van der Waals surface area contributed by atoms with E-state index >= 15 is 0 Å². The number of nitrogens with one attached hydrogen (secondary N) is 1. The number of furan rings is 1. The molecule has 15 heavy (non-hydrogen) atoms. The largest absolute Gasteiger partial charge is 0.468 e. The van der Waals surface area contributed by atoms with Gasteiger partial charge in [-0.15, -0.1) is 0 Å². The van der Waals surface area contributed by atoms with Gasteiger partial charge in [0, 0.05) is 6.04 Å². The van der Waals surface area contributed by atoms with Gasteiger partial charge in [-0.3, -0.25) is 0 Å². The van der Waals surface area contributed by atoms with Crippen LogP contribution >= 0.6 is 0 Å². The molecule has 0 spiro atoms. The minimum absolute atomic E-state index is 0.398. The number of hydrogen-bond donors (Lipinski definition) is 1. The average molecular weight is 207 g/mol. The Kier molecular flexibility index (Phi) is 3.47. The Morgan fingerprint density at radius 1 is 1.53 bits per heavy atom. The first-order valence-corrected chi connectivity index (χ1v) is 6.09. The summed E-state index contributed by atoms with van der Waals surface area (Å²) in [6.45, 7) is 4.55. The zero-order chi connectivity index (χ0) is 10.7. The van der Waals surface area contributed by atoms with Gasteiger partial charge in [-0.05, 0) is 43.7 Å². The minimum atomic E-state index is 0.398. The molecule has 1 aromatic heterocycles. The Morgan fingerprint density at radius 3 is 2.93 bits per heavy atom. The summed E-state index contributed by atoms with van der Waals surface area (Å²) in [6, 6.07) is 5.13. The fraction of sp³-hybridized carbons (Fsp3) is 0.692. The van der Waals surface area contributed by atoms with Crippen molar-refractivity contribution in [2.24, 2.45) is 5.92 Å². The van der Waals surface area contributed by atoms with Gasteiger partial charge in [0.05, 0.1) is 12.3 Å². The molecular formula is C13H21NO. The Labute approximate surface area is 92.1 Å². The van der Waals surface area contributed by atoms with E-state index in [1.807, 2.05) is 6.07 Å². The molecule has 0 aliphatic heterocycles. The smallest absolute Gasteiger partial charge is 0.120 e. The van der Waals surface area contributed by atoms with Crippen LogP contribution < -0.4 is 5.32 Å². The summed E-state index contributed by atoms with van der Waals surface area (Å²) in [4.78, 5) is 0. The molecule has 2 rings (SSSR count). The lowest BCUT2D eigenvalue weighted by molar-refractivity contribution is 0.361. The van der Waals surface area contributed by atoms with Gasteiger partial charge in [-0.2, -0.15) is 0 Å². The Hall–Kier alpha value is -0.760. The highest BCUT2D eigenvalue weighted by Crippen LogP contribution is 2.28. The minimum Gasteiger partial charge on any atom is -0.468 e. The summed E-state index contributed by atoms with van der Waals surface area (Å²) >= 11 is 0. The summed E-state index contributed by atoms with van der Waals surface area (Å²) in [6.07, 6.45) is 6.86. The molecule has 84 valence electrons. The molecule has 1 aliphatic rings. The van der Waals surface area contributed by atoms with Gasteiger partial charge in [-0.1, -0.05) is 13.8 Å². The van der Waals surface area contributed by atoms with Crippen molar-refractivity contribution < 1.29 is 4.42 Å². The van der Waals surface area contributed by atoms with Crippen LogP contribution in [0.5, 0.6) is 0 Å². The van der Waals surface area contributed by atoms with Crippen molar-refractivity contribution in [2.75, 3.05) is 0 Å². The van der Waals surface area contributed by atoms with E-state index in [0.717, 1.165) is 18.1 Å². The second kappa shape index (κ2) is 4.84. The lowest BCUT2D eigenvalue weighted by Crippen LogP contribution is -2.30. The third kappa shape index (κ3) is 2.63. The third-order valence-corrected chi connectivity index (χ3v) is 3.43. The highest BCUT2D eigenvalue weighted by molar-refractivity contribution is 5.04. The first-order valence-electron chi connectivity index (χ1n) is 6.09. The molecule has 2 nitrogen and oxygen atoms in total. The molecule has 3 unspecified atom stereocenters. The van der Waals surface area contributed by atoms with Gasteiger partial charge in [-0.25, -0.2) is 0 Å². The van der Waals surface area contributed by atoms with Crippen LogP contribution in [0.1, 0.15) is 51.3 Å². The first kappa shape index (κ1) is 10.7. The van der Waals surface area contributed by atoms with Crippen LogP contribution in [-0.2, 0) is 0 Å². The van der Waals surface area contributed by atoms with E-state index in [-0.39, 0.29) is 0 Å². The SMILES string of the molecule is CCC(NC1CCC(C)C1)c1ccco1. The maximum Gasteiger partial charge on any atom is 0.120 e.